The Balaban J connectivity index is 1.73. The molecule has 6 heteroatoms. The summed E-state index contributed by atoms with van der Waals surface area (Å²) in [4.78, 5) is 10.9. The quantitative estimate of drug-likeness (QED) is 0.937. The van der Waals surface area contributed by atoms with E-state index in [1.54, 1.807) is 12.4 Å². The molecular weight excluding hydrogens is 288 g/mol. The summed E-state index contributed by atoms with van der Waals surface area (Å²) in [5, 5.41) is 4.03. The molecule has 0 unspecified atom stereocenters. The van der Waals surface area contributed by atoms with Gasteiger partial charge in [-0.1, -0.05) is 23.7 Å². The first-order chi connectivity index (χ1) is 10.3. The smallest absolute Gasteiger partial charge is 0.257 e. The minimum absolute atomic E-state index is 0.429. The van der Waals surface area contributed by atoms with Crippen molar-refractivity contribution < 1.29 is 4.74 Å². The van der Waals surface area contributed by atoms with E-state index in [1.807, 2.05) is 24.3 Å². The molecule has 1 aromatic heterocycles. The van der Waals surface area contributed by atoms with Crippen molar-refractivity contribution in [1.29, 1.82) is 0 Å². The molecule has 0 radical (unpaired) electrons. The van der Waals surface area contributed by atoms with Gasteiger partial charge in [-0.05, 0) is 17.7 Å². The maximum absolute atomic E-state index is 5.98. The van der Waals surface area contributed by atoms with E-state index in [0.29, 0.717) is 17.5 Å². The molecule has 1 aliphatic rings. The van der Waals surface area contributed by atoms with Gasteiger partial charge in [0.1, 0.15) is 6.61 Å². The maximum atomic E-state index is 5.98. The Hall–Kier alpha value is -1.85. The zero-order valence-electron chi connectivity index (χ0n) is 11.6. The van der Waals surface area contributed by atoms with Crippen LogP contribution >= 0.6 is 11.6 Å². The van der Waals surface area contributed by atoms with Crippen molar-refractivity contribution in [3.05, 3.63) is 47.2 Å². The molecule has 5 nitrogen and oxygen atoms in total. The number of piperazine rings is 1. The molecule has 0 atom stereocenters. The molecule has 3 rings (SSSR count). The van der Waals surface area contributed by atoms with Crippen LogP contribution in [0.1, 0.15) is 5.56 Å². The van der Waals surface area contributed by atoms with Crippen LogP contribution in [0, 0.1) is 0 Å². The van der Waals surface area contributed by atoms with E-state index in [-0.39, 0.29) is 0 Å². The Morgan fingerprint density at radius 2 is 2.00 bits per heavy atom. The van der Waals surface area contributed by atoms with Gasteiger partial charge in [0.15, 0.2) is 5.82 Å². The number of anilines is 1. The van der Waals surface area contributed by atoms with Crippen LogP contribution in [0.2, 0.25) is 5.02 Å². The van der Waals surface area contributed by atoms with Gasteiger partial charge >= 0.3 is 0 Å². The minimum atomic E-state index is 0.429. The van der Waals surface area contributed by atoms with E-state index in [2.05, 4.69) is 20.2 Å². The first-order valence-electron chi connectivity index (χ1n) is 6.97. The van der Waals surface area contributed by atoms with E-state index >= 15 is 0 Å². The van der Waals surface area contributed by atoms with Crippen molar-refractivity contribution in [2.45, 2.75) is 6.61 Å². The zero-order valence-corrected chi connectivity index (χ0v) is 12.4. The van der Waals surface area contributed by atoms with Gasteiger partial charge in [0.2, 0.25) is 0 Å². The Morgan fingerprint density at radius 1 is 1.19 bits per heavy atom. The number of rotatable bonds is 4. The Kier molecular flexibility index (Phi) is 4.52. The number of hydrogen-bond acceptors (Lipinski definition) is 5. The predicted octanol–water partition coefficient (Wildman–Crippen LogP) is 2.12. The topological polar surface area (TPSA) is 50.3 Å². The number of halogens is 1. The lowest BCUT2D eigenvalue weighted by atomic mass is 10.2. The molecule has 0 bridgehead atoms. The van der Waals surface area contributed by atoms with E-state index in [4.69, 9.17) is 16.3 Å². The predicted molar refractivity (Wildman–Crippen MR) is 82.9 cm³/mol. The van der Waals surface area contributed by atoms with Crippen molar-refractivity contribution in [2.24, 2.45) is 0 Å². The summed E-state index contributed by atoms with van der Waals surface area (Å²) < 4.78 is 5.84. The lowest BCUT2D eigenvalue weighted by Crippen LogP contribution is -2.44. The highest BCUT2D eigenvalue weighted by Gasteiger charge is 2.17. The Bertz CT molecular complexity index is 602. The largest absolute Gasteiger partial charge is 0.470 e. The number of nitrogens with one attached hydrogen (secondary N) is 1. The molecule has 1 fully saturated rings. The Labute approximate surface area is 128 Å². The van der Waals surface area contributed by atoms with Gasteiger partial charge in [0.25, 0.3) is 5.88 Å². The molecule has 1 aliphatic heterocycles. The van der Waals surface area contributed by atoms with Gasteiger partial charge in [-0.15, -0.1) is 0 Å². The Morgan fingerprint density at radius 3 is 2.81 bits per heavy atom. The van der Waals surface area contributed by atoms with Crippen LogP contribution in [-0.4, -0.2) is 36.1 Å². The van der Waals surface area contributed by atoms with E-state index in [1.165, 1.54) is 0 Å². The van der Waals surface area contributed by atoms with Crippen LogP contribution in [0.3, 0.4) is 0 Å². The van der Waals surface area contributed by atoms with Crippen molar-refractivity contribution >= 4 is 17.4 Å². The fourth-order valence-corrected chi connectivity index (χ4v) is 2.50. The highest BCUT2D eigenvalue weighted by molar-refractivity contribution is 6.30. The van der Waals surface area contributed by atoms with Crippen LogP contribution in [0.15, 0.2) is 36.7 Å². The maximum Gasteiger partial charge on any atom is 0.257 e. The van der Waals surface area contributed by atoms with Crippen LogP contribution < -0.4 is 15.0 Å². The van der Waals surface area contributed by atoms with Crippen molar-refractivity contribution in [3.63, 3.8) is 0 Å². The number of ether oxygens (including phenoxy) is 1. The third kappa shape index (κ3) is 3.62. The summed E-state index contributed by atoms with van der Waals surface area (Å²) in [6, 6.07) is 7.63. The summed E-state index contributed by atoms with van der Waals surface area (Å²) in [5.41, 5.74) is 1.01. The van der Waals surface area contributed by atoms with Crippen molar-refractivity contribution in [3.8, 4) is 5.88 Å². The fourth-order valence-electron chi connectivity index (χ4n) is 2.29. The number of hydrogen-bond donors (Lipinski definition) is 1. The van der Waals surface area contributed by atoms with Crippen molar-refractivity contribution in [1.82, 2.24) is 15.3 Å². The van der Waals surface area contributed by atoms with E-state index in [0.717, 1.165) is 37.6 Å². The zero-order chi connectivity index (χ0) is 14.5. The highest BCUT2D eigenvalue weighted by atomic mass is 35.5. The summed E-state index contributed by atoms with van der Waals surface area (Å²) in [7, 11) is 0. The van der Waals surface area contributed by atoms with Gasteiger partial charge in [0, 0.05) is 43.6 Å². The monoisotopic (exact) mass is 304 g/mol. The van der Waals surface area contributed by atoms with E-state index in [9.17, 15) is 0 Å². The first-order valence-corrected chi connectivity index (χ1v) is 7.34. The molecule has 0 amide bonds. The van der Waals surface area contributed by atoms with Gasteiger partial charge in [0.05, 0.1) is 0 Å². The highest BCUT2D eigenvalue weighted by Crippen LogP contribution is 2.24. The second-order valence-electron chi connectivity index (χ2n) is 4.84. The molecule has 2 heterocycles. The molecular formula is C15H17ClN4O. The van der Waals surface area contributed by atoms with Gasteiger partial charge < -0.3 is 15.0 Å². The fraction of sp³-hybridized carbons (Fsp3) is 0.333. The number of nitrogens with zero attached hydrogens (tertiary/aromatic N) is 3. The summed E-state index contributed by atoms with van der Waals surface area (Å²) >= 11 is 5.98. The molecule has 0 aliphatic carbocycles. The summed E-state index contributed by atoms with van der Waals surface area (Å²) in [6.45, 7) is 4.14. The second kappa shape index (κ2) is 6.74. The van der Waals surface area contributed by atoms with Crippen LogP contribution in [0.4, 0.5) is 5.82 Å². The van der Waals surface area contributed by atoms with Gasteiger partial charge in [-0.2, -0.15) is 0 Å². The third-order valence-corrected chi connectivity index (χ3v) is 3.56. The lowest BCUT2D eigenvalue weighted by Gasteiger charge is -2.28. The lowest BCUT2D eigenvalue weighted by molar-refractivity contribution is 0.292. The molecule has 1 saturated heterocycles. The number of aromatic nitrogens is 2. The molecule has 1 aromatic carbocycles. The van der Waals surface area contributed by atoms with Crippen LogP contribution in [0.5, 0.6) is 5.88 Å². The van der Waals surface area contributed by atoms with Crippen molar-refractivity contribution in [2.75, 3.05) is 31.1 Å². The molecule has 21 heavy (non-hydrogen) atoms. The molecule has 2 aromatic rings. The standard InChI is InChI=1S/C15H17ClN4O/c16-13-3-1-2-12(10-13)11-21-15-14(18-4-5-19-15)20-8-6-17-7-9-20/h1-5,10,17H,6-9,11H2. The minimum Gasteiger partial charge on any atom is -0.470 e. The molecule has 0 spiro atoms. The first kappa shape index (κ1) is 14.1. The van der Waals surface area contributed by atoms with Gasteiger partial charge in [-0.3, -0.25) is 0 Å². The molecule has 110 valence electrons. The van der Waals surface area contributed by atoms with Crippen LogP contribution in [-0.2, 0) is 6.61 Å². The SMILES string of the molecule is Clc1cccc(COc2nccnc2N2CCNCC2)c1. The molecule has 1 N–H and O–H groups in total. The average Bonchev–Trinajstić information content (AvgIpc) is 2.54. The van der Waals surface area contributed by atoms with Crippen LogP contribution in [0.25, 0.3) is 0 Å². The van der Waals surface area contributed by atoms with Gasteiger partial charge in [-0.25, -0.2) is 9.97 Å². The summed E-state index contributed by atoms with van der Waals surface area (Å²) in [5.74, 6) is 1.38. The third-order valence-electron chi connectivity index (χ3n) is 3.33. The number of benzene rings is 1. The molecule has 0 saturated carbocycles. The average molecular weight is 305 g/mol. The summed E-state index contributed by atoms with van der Waals surface area (Å²) in [6.07, 6.45) is 3.35. The normalized spacial score (nSPS) is 15.0. The van der Waals surface area contributed by atoms with E-state index < -0.39 is 0 Å². The second-order valence-corrected chi connectivity index (χ2v) is 5.28.